The number of nitrogens with one attached hydrogen (secondary N) is 3. The molecule has 10 nitrogen and oxygen atoms in total. The second kappa shape index (κ2) is 8.55. The minimum Gasteiger partial charge on any atom is -0.497 e. The van der Waals surface area contributed by atoms with E-state index in [0.717, 1.165) is 12.3 Å². The number of H-pyrrole nitrogens is 1. The third kappa shape index (κ3) is 4.47. The Bertz CT molecular complexity index is 1410. The average Bonchev–Trinajstić information content (AvgIpc) is 2.79. The van der Waals surface area contributed by atoms with E-state index in [1.54, 1.807) is 42.5 Å². The molecule has 0 saturated carbocycles. The van der Waals surface area contributed by atoms with Crippen molar-refractivity contribution in [1.82, 2.24) is 15.0 Å². The van der Waals surface area contributed by atoms with Gasteiger partial charge in [-0.2, -0.15) is 0 Å². The van der Waals surface area contributed by atoms with Crippen molar-refractivity contribution in [3.63, 3.8) is 0 Å². The Hall–Kier alpha value is -4.12. The second-order valence-corrected chi connectivity index (χ2v) is 8.31. The lowest BCUT2D eigenvalue weighted by Gasteiger charge is -2.15. The highest BCUT2D eigenvalue weighted by molar-refractivity contribution is 7.92. The first-order chi connectivity index (χ1) is 15.4. The molecule has 0 radical (unpaired) electrons. The Kier molecular flexibility index (Phi) is 5.65. The fraction of sp³-hybridized carbons (Fsp3) is 0.0952. The van der Waals surface area contributed by atoms with E-state index in [2.05, 4.69) is 25.0 Å². The van der Waals surface area contributed by atoms with Crippen LogP contribution in [0.15, 0.2) is 70.5 Å². The average molecular weight is 453 g/mol. The van der Waals surface area contributed by atoms with Crippen molar-refractivity contribution in [3.8, 4) is 11.5 Å². The Morgan fingerprint density at radius 3 is 2.06 bits per heavy atom. The minimum atomic E-state index is -4.05. The van der Waals surface area contributed by atoms with E-state index in [-0.39, 0.29) is 16.5 Å². The van der Waals surface area contributed by atoms with Gasteiger partial charge in [0.15, 0.2) is 11.6 Å². The number of rotatable bonds is 7. The van der Waals surface area contributed by atoms with Gasteiger partial charge in [-0.25, -0.2) is 18.4 Å². The Morgan fingerprint density at radius 1 is 0.875 bits per heavy atom. The number of sulfonamides is 1. The van der Waals surface area contributed by atoms with E-state index >= 15 is 0 Å². The van der Waals surface area contributed by atoms with Crippen LogP contribution < -0.4 is 25.1 Å². The van der Waals surface area contributed by atoms with Crippen LogP contribution in [-0.4, -0.2) is 37.6 Å². The van der Waals surface area contributed by atoms with Crippen molar-refractivity contribution >= 4 is 38.4 Å². The maximum absolute atomic E-state index is 12.9. The van der Waals surface area contributed by atoms with Gasteiger partial charge in [-0.3, -0.25) is 9.52 Å². The number of fused-ring (bicyclic) bond motifs is 1. The molecular formula is C21H19N5O5S. The fourth-order valence-electron chi connectivity index (χ4n) is 2.92. The number of pyridine rings is 1. The molecule has 2 aromatic carbocycles. The molecule has 0 fully saturated rings. The standard InChI is InChI=1S/C21H19N5O5S/c1-30-14-9-13(10-15(11-14)31-2)23-20-21(25-18-6-4-3-5-17(18)24-20)26-32(28,29)16-7-8-19(27)22-12-16/h3-12H,1-2H3,(H,22,27)(H,23,24)(H,25,26). The van der Waals surface area contributed by atoms with Gasteiger partial charge in [0, 0.05) is 36.1 Å². The first-order valence-electron chi connectivity index (χ1n) is 9.36. The van der Waals surface area contributed by atoms with Crippen LogP contribution >= 0.6 is 0 Å². The lowest BCUT2D eigenvalue weighted by molar-refractivity contribution is 0.395. The maximum atomic E-state index is 12.9. The molecule has 0 saturated heterocycles. The Labute approximate surface area is 183 Å². The SMILES string of the molecule is COc1cc(Nc2nc3ccccc3nc2NS(=O)(=O)c2ccc(=O)[nH]c2)cc(OC)c1. The molecular weight excluding hydrogens is 434 g/mol. The van der Waals surface area contributed by atoms with Crippen molar-refractivity contribution in [1.29, 1.82) is 0 Å². The lowest BCUT2D eigenvalue weighted by Crippen LogP contribution is -2.17. The highest BCUT2D eigenvalue weighted by Crippen LogP contribution is 2.31. The largest absolute Gasteiger partial charge is 0.497 e. The number of aromatic nitrogens is 3. The van der Waals surface area contributed by atoms with Crippen LogP contribution in [0, 0.1) is 0 Å². The number of anilines is 3. The molecule has 0 aliphatic rings. The molecule has 0 bridgehead atoms. The molecule has 3 N–H and O–H groups in total. The van der Waals surface area contributed by atoms with Gasteiger partial charge in [-0.05, 0) is 18.2 Å². The first-order valence-corrected chi connectivity index (χ1v) is 10.8. The van der Waals surface area contributed by atoms with Gasteiger partial charge < -0.3 is 19.8 Å². The van der Waals surface area contributed by atoms with Crippen LogP contribution in [0.3, 0.4) is 0 Å². The summed E-state index contributed by atoms with van der Waals surface area (Å²) in [5, 5.41) is 3.08. The summed E-state index contributed by atoms with van der Waals surface area (Å²) in [6.07, 6.45) is 1.11. The summed E-state index contributed by atoms with van der Waals surface area (Å²) in [6.45, 7) is 0. The number of hydrogen-bond acceptors (Lipinski definition) is 8. The summed E-state index contributed by atoms with van der Waals surface area (Å²) in [6, 6.07) is 14.5. The molecule has 164 valence electrons. The fourth-order valence-corrected chi connectivity index (χ4v) is 3.90. The molecule has 2 aromatic heterocycles. The second-order valence-electron chi connectivity index (χ2n) is 6.63. The number of nitrogens with zero attached hydrogens (tertiary/aromatic N) is 2. The highest BCUT2D eigenvalue weighted by Gasteiger charge is 2.19. The predicted octanol–water partition coefficient (Wildman–Crippen LogP) is 2.88. The molecule has 2 heterocycles. The van der Waals surface area contributed by atoms with Crippen LogP contribution in [0.1, 0.15) is 0 Å². The van der Waals surface area contributed by atoms with Crippen LogP contribution in [0.4, 0.5) is 17.3 Å². The van der Waals surface area contributed by atoms with Crippen molar-refractivity contribution in [2.24, 2.45) is 0 Å². The molecule has 0 atom stereocenters. The molecule has 32 heavy (non-hydrogen) atoms. The Balaban J connectivity index is 1.79. The lowest BCUT2D eigenvalue weighted by atomic mass is 10.2. The molecule has 0 aliphatic heterocycles. The quantitative estimate of drug-likeness (QED) is 0.389. The van der Waals surface area contributed by atoms with Crippen LogP contribution in [0.2, 0.25) is 0 Å². The minimum absolute atomic E-state index is 0.0170. The van der Waals surface area contributed by atoms with Gasteiger partial charge in [0.25, 0.3) is 10.0 Å². The van der Waals surface area contributed by atoms with E-state index in [4.69, 9.17) is 9.47 Å². The number of para-hydroxylation sites is 2. The summed E-state index contributed by atoms with van der Waals surface area (Å²) >= 11 is 0. The summed E-state index contributed by atoms with van der Waals surface area (Å²) in [5.41, 5.74) is 1.20. The van der Waals surface area contributed by atoms with Gasteiger partial charge in [0.2, 0.25) is 5.56 Å². The number of methoxy groups -OCH3 is 2. The van der Waals surface area contributed by atoms with E-state index in [1.165, 1.54) is 20.3 Å². The monoisotopic (exact) mass is 453 g/mol. The zero-order valence-electron chi connectivity index (χ0n) is 17.1. The van der Waals surface area contributed by atoms with Gasteiger partial charge in [0.1, 0.15) is 16.4 Å². The molecule has 0 spiro atoms. The van der Waals surface area contributed by atoms with Gasteiger partial charge in [-0.1, -0.05) is 12.1 Å². The van der Waals surface area contributed by atoms with E-state index < -0.39 is 15.6 Å². The Morgan fingerprint density at radius 2 is 1.50 bits per heavy atom. The van der Waals surface area contributed by atoms with E-state index in [1.807, 2.05) is 0 Å². The predicted molar refractivity (Wildman–Crippen MR) is 120 cm³/mol. The summed E-state index contributed by atoms with van der Waals surface area (Å²) in [4.78, 5) is 22.5. The first kappa shape index (κ1) is 21.1. The van der Waals surface area contributed by atoms with Gasteiger partial charge >= 0.3 is 0 Å². The van der Waals surface area contributed by atoms with Crippen molar-refractivity contribution in [2.75, 3.05) is 24.3 Å². The molecule has 11 heteroatoms. The van der Waals surface area contributed by atoms with Crippen molar-refractivity contribution in [3.05, 3.63) is 71.1 Å². The highest BCUT2D eigenvalue weighted by atomic mass is 32.2. The summed E-state index contributed by atoms with van der Waals surface area (Å²) in [7, 11) is -0.999. The van der Waals surface area contributed by atoms with E-state index in [9.17, 15) is 13.2 Å². The topological polar surface area (TPSA) is 135 Å². The molecule has 4 rings (SSSR count). The summed E-state index contributed by atoms with van der Waals surface area (Å²) < 4.78 is 38.8. The summed E-state index contributed by atoms with van der Waals surface area (Å²) in [5.74, 6) is 1.23. The molecule has 0 aliphatic carbocycles. The number of aromatic amines is 1. The van der Waals surface area contributed by atoms with Gasteiger partial charge in [0.05, 0.1) is 25.3 Å². The van der Waals surface area contributed by atoms with Crippen LogP contribution in [0.5, 0.6) is 11.5 Å². The molecule has 0 amide bonds. The maximum Gasteiger partial charge on any atom is 0.264 e. The van der Waals surface area contributed by atoms with Crippen molar-refractivity contribution < 1.29 is 17.9 Å². The van der Waals surface area contributed by atoms with Crippen molar-refractivity contribution in [2.45, 2.75) is 4.90 Å². The third-order valence-corrected chi connectivity index (χ3v) is 5.82. The number of ether oxygens (including phenoxy) is 2. The smallest absolute Gasteiger partial charge is 0.264 e. The number of benzene rings is 2. The zero-order valence-corrected chi connectivity index (χ0v) is 17.9. The number of hydrogen-bond donors (Lipinski definition) is 3. The molecule has 4 aromatic rings. The van der Waals surface area contributed by atoms with E-state index in [0.29, 0.717) is 28.2 Å². The normalized spacial score (nSPS) is 11.2. The zero-order chi connectivity index (χ0) is 22.7. The van der Waals surface area contributed by atoms with Crippen LogP contribution in [0.25, 0.3) is 11.0 Å². The van der Waals surface area contributed by atoms with Crippen LogP contribution in [-0.2, 0) is 10.0 Å². The molecule has 0 unspecified atom stereocenters. The van der Waals surface area contributed by atoms with Gasteiger partial charge in [-0.15, -0.1) is 0 Å². The third-order valence-electron chi connectivity index (χ3n) is 4.48.